The van der Waals surface area contributed by atoms with Gasteiger partial charge in [-0.15, -0.1) is 0 Å². The molecule has 1 aliphatic rings. The van der Waals surface area contributed by atoms with Crippen molar-refractivity contribution in [1.29, 1.82) is 0 Å². The molecular weight excluding hydrogens is 272 g/mol. The summed E-state index contributed by atoms with van der Waals surface area (Å²) < 4.78 is 11.9. The van der Waals surface area contributed by atoms with Crippen molar-refractivity contribution in [3.05, 3.63) is 22.6 Å². The maximum atomic E-state index is 5.65. The molecule has 1 fully saturated rings. The molecule has 5 heteroatoms. The minimum atomic E-state index is 0.289. The Bertz CT molecular complexity index is 324. The van der Waals surface area contributed by atoms with E-state index in [-0.39, 0.29) is 6.10 Å². The molecule has 90 valence electrons. The van der Waals surface area contributed by atoms with E-state index in [1.54, 1.807) is 0 Å². The van der Waals surface area contributed by atoms with Gasteiger partial charge in [0, 0.05) is 19.6 Å². The Morgan fingerprint density at radius 1 is 1.56 bits per heavy atom. The van der Waals surface area contributed by atoms with Crippen LogP contribution in [0.5, 0.6) is 0 Å². The van der Waals surface area contributed by atoms with E-state index < -0.39 is 0 Å². The van der Waals surface area contributed by atoms with Crippen LogP contribution in [0, 0.1) is 0 Å². The zero-order valence-electron chi connectivity index (χ0n) is 9.41. The van der Waals surface area contributed by atoms with Crippen LogP contribution < -0.4 is 5.32 Å². The quantitative estimate of drug-likeness (QED) is 0.910. The zero-order chi connectivity index (χ0) is 11.4. The van der Waals surface area contributed by atoms with Gasteiger partial charge in [-0.1, -0.05) is 0 Å². The van der Waals surface area contributed by atoms with Crippen LogP contribution in [0.1, 0.15) is 5.76 Å². The van der Waals surface area contributed by atoms with Gasteiger partial charge >= 0.3 is 0 Å². The van der Waals surface area contributed by atoms with Crippen LogP contribution in [0.4, 0.5) is 0 Å². The lowest BCUT2D eigenvalue weighted by molar-refractivity contribution is 0.00794. The summed E-state index contributed by atoms with van der Waals surface area (Å²) >= 11 is 3.30. The van der Waals surface area contributed by atoms with Crippen molar-refractivity contribution in [3.63, 3.8) is 0 Å². The molecule has 2 heterocycles. The minimum absolute atomic E-state index is 0.289. The molecule has 1 N–H and O–H groups in total. The molecule has 2 rings (SSSR count). The number of nitrogens with zero attached hydrogens (tertiary/aromatic N) is 1. The Morgan fingerprint density at radius 3 is 3.06 bits per heavy atom. The molecule has 0 bridgehead atoms. The summed E-state index contributed by atoms with van der Waals surface area (Å²) in [6.07, 6.45) is 0.289. The van der Waals surface area contributed by atoms with Crippen molar-refractivity contribution in [1.82, 2.24) is 10.2 Å². The molecule has 1 aromatic heterocycles. The minimum Gasteiger partial charge on any atom is -0.453 e. The highest BCUT2D eigenvalue weighted by Crippen LogP contribution is 2.15. The van der Waals surface area contributed by atoms with Crippen LogP contribution in [0.25, 0.3) is 0 Å². The van der Waals surface area contributed by atoms with Gasteiger partial charge in [-0.3, -0.25) is 4.90 Å². The molecule has 1 aliphatic heterocycles. The van der Waals surface area contributed by atoms with Gasteiger partial charge in [0.2, 0.25) is 0 Å². The van der Waals surface area contributed by atoms with Gasteiger partial charge in [-0.2, -0.15) is 0 Å². The Balaban J connectivity index is 1.77. The smallest absolute Gasteiger partial charge is 0.169 e. The Labute approximate surface area is 104 Å². The summed E-state index contributed by atoms with van der Waals surface area (Å²) in [5.41, 5.74) is 0. The summed E-state index contributed by atoms with van der Waals surface area (Å²) in [5.74, 6) is 0.971. The van der Waals surface area contributed by atoms with Gasteiger partial charge in [0.25, 0.3) is 0 Å². The summed E-state index contributed by atoms with van der Waals surface area (Å²) in [7, 11) is 2.08. The fourth-order valence-corrected chi connectivity index (χ4v) is 2.19. The van der Waals surface area contributed by atoms with Gasteiger partial charge in [0.1, 0.15) is 5.76 Å². The normalized spacial score (nSPS) is 21.6. The first-order valence-electron chi connectivity index (χ1n) is 5.49. The van der Waals surface area contributed by atoms with Crippen molar-refractivity contribution in [2.45, 2.75) is 12.6 Å². The molecule has 1 atom stereocenters. The Kier molecular flexibility index (Phi) is 4.40. The van der Waals surface area contributed by atoms with E-state index in [1.165, 1.54) is 0 Å². The lowest BCUT2D eigenvalue weighted by atomic mass is 10.3. The molecule has 0 saturated carbocycles. The van der Waals surface area contributed by atoms with Crippen molar-refractivity contribution >= 4 is 15.9 Å². The fraction of sp³-hybridized carbons (Fsp3) is 0.636. The van der Waals surface area contributed by atoms with E-state index in [1.807, 2.05) is 12.1 Å². The third-order valence-electron chi connectivity index (χ3n) is 2.57. The first-order chi connectivity index (χ1) is 7.74. The average molecular weight is 289 g/mol. The molecule has 1 saturated heterocycles. The largest absolute Gasteiger partial charge is 0.453 e. The summed E-state index contributed by atoms with van der Waals surface area (Å²) in [4.78, 5) is 2.21. The van der Waals surface area contributed by atoms with Gasteiger partial charge in [0.05, 0.1) is 19.3 Å². The highest BCUT2D eigenvalue weighted by molar-refractivity contribution is 9.10. The number of hydrogen-bond acceptors (Lipinski definition) is 4. The highest BCUT2D eigenvalue weighted by Gasteiger charge is 2.16. The van der Waals surface area contributed by atoms with Gasteiger partial charge in [-0.25, -0.2) is 0 Å². The van der Waals surface area contributed by atoms with Crippen molar-refractivity contribution in [3.8, 4) is 0 Å². The maximum absolute atomic E-state index is 5.65. The van der Waals surface area contributed by atoms with Crippen LogP contribution in [0.15, 0.2) is 21.2 Å². The second-order valence-electron chi connectivity index (χ2n) is 4.10. The number of hydrogen-bond donors (Lipinski definition) is 1. The summed E-state index contributed by atoms with van der Waals surface area (Å²) in [6.45, 7) is 4.44. The van der Waals surface area contributed by atoms with Crippen molar-refractivity contribution in [2.75, 3.05) is 33.3 Å². The van der Waals surface area contributed by atoms with Crippen LogP contribution in [-0.4, -0.2) is 44.3 Å². The van der Waals surface area contributed by atoms with Crippen LogP contribution in [0.3, 0.4) is 0 Å². The van der Waals surface area contributed by atoms with E-state index in [2.05, 4.69) is 33.2 Å². The predicted octanol–water partition coefficient (Wildman–Crippen LogP) is 1.46. The third-order valence-corrected chi connectivity index (χ3v) is 3.00. The number of rotatable bonds is 4. The molecule has 0 aromatic carbocycles. The average Bonchev–Trinajstić information content (AvgIpc) is 2.65. The number of ether oxygens (including phenoxy) is 1. The maximum Gasteiger partial charge on any atom is 0.169 e. The van der Waals surface area contributed by atoms with Gasteiger partial charge in [0.15, 0.2) is 4.67 Å². The topological polar surface area (TPSA) is 37.6 Å². The number of morpholine rings is 1. The predicted molar refractivity (Wildman–Crippen MR) is 65.4 cm³/mol. The number of furan rings is 1. The molecule has 0 amide bonds. The SMILES string of the molecule is CN(Cc1ccc(Br)o1)CC1CNCCO1. The second kappa shape index (κ2) is 5.82. The van der Waals surface area contributed by atoms with Crippen molar-refractivity contribution in [2.24, 2.45) is 0 Å². The Hall–Kier alpha value is -0.360. The van der Waals surface area contributed by atoms with E-state index >= 15 is 0 Å². The number of likely N-dealkylation sites (N-methyl/N-ethyl adjacent to an activating group) is 1. The zero-order valence-corrected chi connectivity index (χ0v) is 11.0. The Morgan fingerprint density at radius 2 is 2.44 bits per heavy atom. The molecule has 0 radical (unpaired) electrons. The van der Waals surface area contributed by atoms with Crippen molar-refractivity contribution < 1.29 is 9.15 Å². The van der Waals surface area contributed by atoms with E-state index in [4.69, 9.17) is 9.15 Å². The molecule has 1 aromatic rings. The molecule has 1 unspecified atom stereocenters. The fourth-order valence-electron chi connectivity index (χ4n) is 1.85. The molecule has 4 nitrogen and oxygen atoms in total. The third kappa shape index (κ3) is 3.59. The van der Waals surface area contributed by atoms with Gasteiger partial charge < -0.3 is 14.5 Å². The van der Waals surface area contributed by atoms with E-state index in [0.29, 0.717) is 0 Å². The second-order valence-corrected chi connectivity index (χ2v) is 4.88. The molecular formula is C11H17BrN2O2. The first-order valence-corrected chi connectivity index (χ1v) is 6.28. The monoisotopic (exact) mass is 288 g/mol. The summed E-state index contributed by atoms with van der Waals surface area (Å²) in [5, 5.41) is 3.33. The van der Waals surface area contributed by atoms with E-state index in [0.717, 1.165) is 43.2 Å². The molecule has 0 spiro atoms. The number of nitrogens with one attached hydrogen (secondary N) is 1. The standard InChI is InChI=1S/C11H17BrN2O2/c1-14(7-9-2-3-11(12)16-9)8-10-6-13-4-5-15-10/h2-3,10,13H,4-8H2,1H3. The number of halogens is 1. The summed E-state index contributed by atoms with van der Waals surface area (Å²) in [6, 6.07) is 3.91. The first kappa shape index (κ1) is 12.1. The highest BCUT2D eigenvalue weighted by atomic mass is 79.9. The van der Waals surface area contributed by atoms with Crippen LogP contribution in [-0.2, 0) is 11.3 Å². The molecule has 16 heavy (non-hydrogen) atoms. The lowest BCUT2D eigenvalue weighted by Gasteiger charge is -2.27. The van der Waals surface area contributed by atoms with E-state index in [9.17, 15) is 0 Å². The van der Waals surface area contributed by atoms with Gasteiger partial charge in [-0.05, 0) is 35.1 Å². The molecule has 0 aliphatic carbocycles. The van der Waals surface area contributed by atoms with Crippen LogP contribution in [0.2, 0.25) is 0 Å². The lowest BCUT2D eigenvalue weighted by Crippen LogP contribution is -2.44. The van der Waals surface area contributed by atoms with Crippen LogP contribution >= 0.6 is 15.9 Å².